The molecule has 0 unspecified atom stereocenters. The topological polar surface area (TPSA) is 148 Å². The Bertz CT molecular complexity index is 1550. The molecule has 0 bridgehead atoms. The Morgan fingerprint density at radius 3 is 1.17 bits per heavy atom. The van der Waals surface area contributed by atoms with Crippen molar-refractivity contribution in [3.05, 3.63) is 108 Å². The molecule has 3 rings (SSSR count). The molecule has 3 aromatic carbocycles. The van der Waals surface area contributed by atoms with Crippen LogP contribution in [0.15, 0.2) is 91.0 Å². The summed E-state index contributed by atoms with van der Waals surface area (Å²) in [6.45, 7) is 1.85. The van der Waals surface area contributed by atoms with Crippen LogP contribution in [0.5, 0.6) is 0 Å². The van der Waals surface area contributed by atoms with Gasteiger partial charge < -0.3 is 25.7 Å². The van der Waals surface area contributed by atoms with E-state index in [2.05, 4.69) is 0 Å². The molecule has 0 spiro atoms. The lowest BCUT2D eigenvalue weighted by Crippen LogP contribution is -2.42. The minimum atomic E-state index is -0.655. The van der Waals surface area contributed by atoms with Crippen molar-refractivity contribution in [2.24, 2.45) is 11.5 Å². The number of nitrogens with two attached hydrogens (primary N) is 2. The van der Waals surface area contributed by atoms with Gasteiger partial charge in [0.1, 0.15) is 24.6 Å². The summed E-state index contributed by atoms with van der Waals surface area (Å²) in [4.78, 5) is 50.1. The van der Waals surface area contributed by atoms with E-state index in [-0.39, 0.29) is 24.7 Å². The van der Waals surface area contributed by atoms with Crippen LogP contribution in [0.25, 0.3) is 0 Å². The SMILES string of the molecule is C[C@@H](N)[C@@H](CCCCCCCCCCCCCCC(=O)CCCCCCC[C@@H](OC(=O)c1ccccc1)[C@@H](N)COC(=O)c1ccccc1)OC(=O)c1ccccc1. The number of unbranched alkanes of at least 4 members (excludes halogenated alkanes) is 15. The number of carbonyl (C=O) groups excluding carboxylic acids is 4. The average Bonchev–Trinajstić information content (AvgIpc) is 3.24. The zero-order chi connectivity index (χ0) is 41.6. The van der Waals surface area contributed by atoms with Crippen LogP contribution in [0, 0.1) is 0 Å². The van der Waals surface area contributed by atoms with Gasteiger partial charge in [0.05, 0.1) is 22.7 Å². The van der Waals surface area contributed by atoms with Crippen LogP contribution in [0.2, 0.25) is 0 Å². The van der Waals surface area contributed by atoms with Gasteiger partial charge in [0, 0.05) is 18.9 Å². The molecule has 4 N–H and O–H groups in total. The molecule has 9 nitrogen and oxygen atoms in total. The summed E-state index contributed by atoms with van der Waals surface area (Å²) in [6.07, 6.45) is 20.7. The first-order valence-electron chi connectivity index (χ1n) is 22.0. The molecule has 0 aliphatic heterocycles. The summed E-state index contributed by atoms with van der Waals surface area (Å²) in [5.74, 6) is -0.841. The molecular weight excluding hydrogens is 729 g/mol. The van der Waals surface area contributed by atoms with Crippen molar-refractivity contribution in [1.82, 2.24) is 0 Å². The van der Waals surface area contributed by atoms with Gasteiger partial charge in [0.2, 0.25) is 0 Å². The van der Waals surface area contributed by atoms with Crippen LogP contribution in [0.1, 0.15) is 173 Å². The zero-order valence-electron chi connectivity index (χ0n) is 35.0. The number of rotatable bonds is 32. The lowest BCUT2D eigenvalue weighted by Gasteiger charge is -2.24. The summed E-state index contributed by atoms with van der Waals surface area (Å²) >= 11 is 0. The molecule has 0 aromatic heterocycles. The largest absolute Gasteiger partial charge is 0.460 e. The van der Waals surface area contributed by atoms with E-state index in [0.717, 1.165) is 64.2 Å². The molecule has 0 aliphatic carbocycles. The van der Waals surface area contributed by atoms with Crippen molar-refractivity contribution in [1.29, 1.82) is 0 Å². The van der Waals surface area contributed by atoms with Crippen molar-refractivity contribution >= 4 is 23.7 Å². The number of hydrogen-bond donors (Lipinski definition) is 2. The first kappa shape index (κ1) is 48.0. The second-order valence-electron chi connectivity index (χ2n) is 15.7. The Kier molecular flexibility index (Phi) is 24.7. The molecule has 0 aliphatic rings. The number of ketones is 1. The lowest BCUT2D eigenvalue weighted by atomic mass is 10.0. The third-order valence-electron chi connectivity index (χ3n) is 10.7. The van der Waals surface area contributed by atoms with E-state index in [9.17, 15) is 19.2 Å². The Balaban J connectivity index is 1.14. The highest BCUT2D eigenvalue weighted by molar-refractivity contribution is 5.90. The number of ether oxygens (including phenoxy) is 3. The fourth-order valence-corrected chi connectivity index (χ4v) is 7.04. The number of carbonyl (C=O) groups is 4. The molecule has 0 heterocycles. The molecule has 4 atom stereocenters. The van der Waals surface area contributed by atoms with Crippen molar-refractivity contribution in [3.8, 4) is 0 Å². The molecule has 3 aromatic rings. The smallest absolute Gasteiger partial charge is 0.338 e. The highest BCUT2D eigenvalue weighted by Crippen LogP contribution is 2.18. The molecule has 58 heavy (non-hydrogen) atoms. The molecule has 9 heteroatoms. The minimum absolute atomic E-state index is 0.0548. The second kappa shape index (κ2) is 29.8. The van der Waals surface area contributed by atoms with Crippen molar-refractivity contribution in [2.75, 3.05) is 6.61 Å². The second-order valence-corrected chi connectivity index (χ2v) is 15.7. The quantitative estimate of drug-likeness (QED) is 0.0358. The fraction of sp³-hybridized carbons (Fsp3) is 0.551. The maximum Gasteiger partial charge on any atom is 0.338 e. The lowest BCUT2D eigenvalue weighted by molar-refractivity contribution is -0.119. The molecule has 0 amide bonds. The molecule has 318 valence electrons. The molecule has 0 fully saturated rings. The van der Waals surface area contributed by atoms with Crippen LogP contribution in [0.4, 0.5) is 0 Å². The van der Waals surface area contributed by atoms with Crippen molar-refractivity contribution in [3.63, 3.8) is 0 Å². The third kappa shape index (κ3) is 20.9. The van der Waals surface area contributed by atoms with Gasteiger partial charge >= 0.3 is 17.9 Å². The Morgan fingerprint density at radius 2 is 0.776 bits per heavy atom. The van der Waals surface area contributed by atoms with Crippen LogP contribution >= 0.6 is 0 Å². The van der Waals surface area contributed by atoms with Crippen LogP contribution in [-0.2, 0) is 19.0 Å². The number of Topliss-reactive ketones (excluding diaryl/α,β-unsaturated/α-hetero) is 1. The van der Waals surface area contributed by atoms with E-state index < -0.39 is 24.1 Å². The highest BCUT2D eigenvalue weighted by Gasteiger charge is 2.25. The van der Waals surface area contributed by atoms with Gasteiger partial charge in [-0.05, 0) is 81.8 Å². The predicted molar refractivity (Wildman–Crippen MR) is 232 cm³/mol. The van der Waals surface area contributed by atoms with Gasteiger partial charge in [-0.25, -0.2) is 14.4 Å². The molecule has 0 saturated carbocycles. The Morgan fingerprint density at radius 1 is 0.448 bits per heavy atom. The summed E-state index contributed by atoms with van der Waals surface area (Å²) in [7, 11) is 0. The summed E-state index contributed by atoms with van der Waals surface area (Å²) in [6, 6.07) is 25.8. The fourth-order valence-electron chi connectivity index (χ4n) is 7.04. The Labute approximate surface area is 348 Å². The van der Waals surface area contributed by atoms with E-state index in [0.29, 0.717) is 41.7 Å². The van der Waals surface area contributed by atoms with Crippen LogP contribution in [0.3, 0.4) is 0 Å². The van der Waals surface area contributed by atoms with Gasteiger partial charge in [-0.3, -0.25) is 4.79 Å². The van der Waals surface area contributed by atoms with Crippen LogP contribution < -0.4 is 11.5 Å². The van der Waals surface area contributed by atoms with Crippen LogP contribution in [-0.4, -0.2) is 54.6 Å². The van der Waals surface area contributed by atoms with E-state index >= 15 is 0 Å². The van der Waals surface area contributed by atoms with E-state index in [4.69, 9.17) is 25.7 Å². The van der Waals surface area contributed by atoms with Gasteiger partial charge in [-0.1, -0.05) is 138 Å². The first-order valence-corrected chi connectivity index (χ1v) is 22.0. The van der Waals surface area contributed by atoms with Crippen molar-refractivity contribution < 1.29 is 33.4 Å². The number of esters is 3. The van der Waals surface area contributed by atoms with E-state index in [1.165, 1.54) is 51.4 Å². The zero-order valence-corrected chi connectivity index (χ0v) is 35.0. The molecule has 0 saturated heterocycles. The normalized spacial score (nSPS) is 13.2. The summed E-state index contributed by atoms with van der Waals surface area (Å²) in [5, 5.41) is 0. The van der Waals surface area contributed by atoms with Gasteiger partial charge in [-0.15, -0.1) is 0 Å². The maximum absolute atomic E-state index is 12.8. The molecule has 0 radical (unpaired) electrons. The summed E-state index contributed by atoms with van der Waals surface area (Å²) < 4.78 is 16.9. The summed E-state index contributed by atoms with van der Waals surface area (Å²) in [5.41, 5.74) is 14.0. The standard InChI is InChI=1S/C49H70N2O7/c1-39(50)45(57-48(54)41-30-20-16-21-31-41)36-26-13-9-7-5-3-2-4-6-8-11-24-34-43(52)35-25-12-10-14-27-37-46(58-49(55)42-32-22-17-23-33-42)44(51)38-56-47(53)40-28-18-15-19-29-40/h15-23,28-33,39,44-46H,2-14,24-27,34-38,50-51H2,1H3/t39-,44+,45-,46-/m1/s1. The van der Waals surface area contributed by atoms with Gasteiger partial charge in [0.15, 0.2) is 0 Å². The van der Waals surface area contributed by atoms with Gasteiger partial charge in [-0.2, -0.15) is 0 Å². The van der Waals surface area contributed by atoms with Gasteiger partial charge in [0.25, 0.3) is 0 Å². The Hall–Kier alpha value is -4.34. The van der Waals surface area contributed by atoms with Crippen molar-refractivity contribution in [2.45, 2.75) is 166 Å². The monoisotopic (exact) mass is 799 g/mol. The maximum atomic E-state index is 12.8. The third-order valence-corrected chi connectivity index (χ3v) is 10.7. The average molecular weight is 799 g/mol. The number of benzene rings is 3. The van der Waals surface area contributed by atoms with E-state index in [1.807, 2.05) is 37.3 Å². The highest BCUT2D eigenvalue weighted by atomic mass is 16.6. The predicted octanol–water partition coefficient (Wildman–Crippen LogP) is 10.7. The molecular formula is C49H70N2O7. The minimum Gasteiger partial charge on any atom is -0.460 e. The van der Waals surface area contributed by atoms with E-state index in [1.54, 1.807) is 60.7 Å². The number of hydrogen-bond acceptors (Lipinski definition) is 9. The first-order chi connectivity index (χ1) is 28.2.